The number of nitrogens with two attached hydrogens (primary N) is 1. The fourth-order valence-electron chi connectivity index (χ4n) is 1.84. The van der Waals surface area contributed by atoms with Gasteiger partial charge in [0.25, 0.3) is 0 Å². The molecular formula is C13H18N4S. The number of aromatic nitrogens is 2. The summed E-state index contributed by atoms with van der Waals surface area (Å²) >= 11 is 1.70. The lowest BCUT2D eigenvalue weighted by atomic mass is 10.1. The number of pyridine rings is 1. The lowest BCUT2D eigenvalue weighted by Crippen LogP contribution is -2.37. The molecule has 0 fully saturated rings. The third-order valence-corrected chi connectivity index (χ3v) is 3.82. The molecule has 0 spiro atoms. The van der Waals surface area contributed by atoms with Crippen molar-refractivity contribution in [1.82, 2.24) is 15.4 Å². The van der Waals surface area contributed by atoms with Crippen molar-refractivity contribution in [3.05, 3.63) is 46.2 Å². The standard InChI is InChI=1S/C13H18N4S/c1-10-9-18-13(16-10)7-12(17-14)5-4-11-3-2-6-15-8-11/h2-3,6,8-9,12,17H,4-5,7,14H2,1H3. The summed E-state index contributed by atoms with van der Waals surface area (Å²) in [4.78, 5) is 8.58. The molecule has 2 rings (SSSR count). The summed E-state index contributed by atoms with van der Waals surface area (Å²) in [6.45, 7) is 2.01. The van der Waals surface area contributed by atoms with Crippen LogP contribution < -0.4 is 11.3 Å². The number of hydrogen-bond donors (Lipinski definition) is 2. The summed E-state index contributed by atoms with van der Waals surface area (Å²) < 4.78 is 0. The molecule has 0 aliphatic rings. The molecule has 2 heterocycles. The number of nitrogens with one attached hydrogen (secondary N) is 1. The van der Waals surface area contributed by atoms with Gasteiger partial charge in [0.05, 0.1) is 5.01 Å². The van der Waals surface area contributed by atoms with Gasteiger partial charge in [0.15, 0.2) is 0 Å². The number of aryl methyl sites for hydroxylation is 2. The van der Waals surface area contributed by atoms with E-state index < -0.39 is 0 Å². The van der Waals surface area contributed by atoms with E-state index in [1.165, 1.54) is 5.56 Å². The summed E-state index contributed by atoms with van der Waals surface area (Å²) in [5.41, 5.74) is 5.20. The molecule has 2 aromatic rings. The van der Waals surface area contributed by atoms with E-state index in [-0.39, 0.29) is 6.04 Å². The van der Waals surface area contributed by atoms with Crippen LogP contribution in [0.4, 0.5) is 0 Å². The average Bonchev–Trinajstić information content (AvgIpc) is 2.81. The summed E-state index contributed by atoms with van der Waals surface area (Å²) in [5, 5.41) is 3.21. The van der Waals surface area contributed by atoms with Crippen LogP contribution in [0.15, 0.2) is 29.9 Å². The zero-order chi connectivity index (χ0) is 12.8. The topological polar surface area (TPSA) is 63.8 Å². The summed E-state index contributed by atoms with van der Waals surface area (Å²) in [7, 11) is 0. The molecule has 0 aliphatic carbocycles. The number of nitrogens with zero attached hydrogens (tertiary/aromatic N) is 2. The fourth-order valence-corrected chi connectivity index (χ4v) is 2.69. The molecular weight excluding hydrogens is 244 g/mol. The van der Waals surface area contributed by atoms with Crippen LogP contribution in [0.5, 0.6) is 0 Å². The minimum atomic E-state index is 0.260. The van der Waals surface area contributed by atoms with Crippen LogP contribution in [0.25, 0.3) is 0 Å². The number of thiazole rings is 1. The predicted octanol–water partition coefficient (Wildman–Crippen LogP) is 1.85. The Bertz CT molecular complexity index is 469. The first-order valence-corrected chi connectivity index (χ1v) is 6.92. The highest BCUT2D eigenvalue weighted by Crippen LogP contribution is 2.13. The highest BCUT2D eigenvalue weighted by Gasteiger charge is 2.10. The summed E-state index contributed by atoms with van der Waals surface area (Å²) in [6.07, 6.45) is 6.55. The molecule has 0 radical (unpaired) electrons. The van der Waals surface area contributed by atoms with Crippen LogP contribution in [0.3, 0.4) is 0 Å². The lowest BCUT2D eigenvalue weighted by Gasteiger charge is -2.14. The van der Waals surface area contributed by atoms with Crippen LogP contribution in [0.2, 0.25) is 0 Å². The molecule has 1 unspecified atom stereocenters. The van der Waals surface area contributed by atoms with Crippen molar-refractivity contribution in [3.63, 3.8) is 0 Å². The van der Waals surface area contributed by atoms with Crippen molar-refractivity contribution >= 4 is 11.3 Å². The van der Waals surface area contributed by atoms with Crippen LogP contribution in [0.1, 0.15) is 22.7 Å². The first kappa shape index (κ1) is 13.1. The van der Waals surface area contributed by atoms with Gasteiger partial charge in [0.2, 0.25) is 0 Å². The second kappa shape index (κ2) is 6.58. The molecule has 4 nitrogen and oxygen atoms in total. The van der Waals surface area contributed by atoms with Crippen molar-refractivity contribution < 1.29 is 0 Å². The van der Waals surface area contributed by atoms with E-state index >= 15 is 0 Å². The number of rotatable bonds is 6. The largest absolute Gasteiger partial charge is 0.271 e. The molecule has 18 heavy (non-hydrogen) atoms. The molecule has 0 saturated heterocycles. The maximum Gasteiger partial charge on any atom is 0.0944 e. The van der Waals surface area contributed by atoms with E-state index in [0.29, 0.717) is 0 Å². The predicted molar refractivity (Wildman–Crippen MR) is 74.2 cm³/mol. The third-order valence-electron chi connectivity index (χ3n) is 2.83. The van der Waals surface area contributed by atoms with Gasteiger partial charge in [-0.25, -0.2) is 4.98 Å². The average molecular weight is 262 g/mol. The highest BCUT2D eigenvalue weighted by molar-refractivity contribution is 7.09. The Balaban J connectivity index is 1.86. The van der Waals surface area contributed by atoms with E-state index in [1.54, 1.807) is 17.5 Å². The number of hydrogen-bond acceptors (Lipinski definition) is 5. The Morgan fingerprint density at radius 2 is 2.39 bits per heavy atom. The van der Waals surface area contributed by atoms with Crippen molar-refractivity contribution in [2.45, 2.75) is 32.2 Å². The molecule has 3 N–H and O–H groups in total. The van der Waals surface area contributed by atoms with Gasteiger partial charge in [-0.05, 0) is 31.4 Å². The van der Waals surface area contributed by atoms with E-state index in [4.69, 9.17) is 5.84 Å². The normalized spacial score (nSPS) is 12.6. The van der Waals surface area contributed by atoms with Gasteiger partial charge < -0.3 is 0 Å². The first-order valence-electron chi connectivity index (χ1n) is 6.04. The Kier molecular flexibility index (Phi) is 4.81. The number of hydrazine groups is 1. The lowest BCUT2D eigenvalue weighted by molar-refractivity contribution is 0.490. The van der Waals surface area contributed by atoms with Gasteiger partial charge >= 0.3 is 0 Å². The molecule has 0 aliphatic heterocycles. The van der Waals surface area contributed by atoms with E-state index in [0.717, 1.165) is 30.0 Å². The molecule has 2 aromatic heterocycles. The van der Waals surface area contributed by atoms with Crippen LogP contribution in [-0.4, -0.2) is 16.0 Å². The van der Waals surface area contributed by atoms with Gasteiger partial charge in [-0.2, -0.15) is 0 Å². The minimum absolute atomic E-state index is 0.260. The first-order chi connectivity index (χ1) is 8.78. The Hall–Kier alpha value is -1.30. The summed E-state index contributed by atoms with van der Waals surface area (Å²) in [6, 6.07) is 4.31. The van der Waals surface area contributed by atoms with Crippen molar-refractivity contribution in [2.75, 3.05) is 0 Å². The quantitative estimate of drug-likeness (QED) is 0.616. The molecule has 0 amide bonds. The van der Waals surface area contributed by atoms with Gasteiger partial charge in [0.1, 0.15) is 0 Å². The maximum atomic E-state index is 5.60. The smallest absolute Gasteiger partial charge is 0.0944 e. The van der Waals surface area contributed by atoms with Crippen molar-refractivity contribution in [3.8, 4) is 0 Å². The second-order valence-corrected chi connectivity index (χ2v) is 5.29. The SMILES string of the molecule is Cc1csc(CC(CCc2cccnc2)NN)n1. The second-order valence-electron chi connectivity index (χ2n) is 4.35. The van der Waals surface area contributed by atoms with Crippen LogP contribution in [-0.2, 0) is 12.8 Å². The monoisotopic (exact) mass is 262 g/mol. The van der Waals surface area contributed by atoms with Crippen molar-refractivity contribution in [2.24, 2.45) is 5.84 Å². The van der Waals surface area contributed by atoms with Gasteiger partial charge in [-0.15, -0.1) is 11.3 Å². The van der Waals surface area contributed by atoms with Crippen LogP contribution >= 0.6 is 11.3 Å². The summed E-state index contributed by atoms with van der Waals surface area (Å²) in [5.74, 6) is 5.60. The zero-order valence-electron chi connectivity index (χ0n) is 10.5. The zero-order valence-corrected chi connectivity index (χ0v) is 11.3. The van der Waals surface area contributed by atoms with E-state index in [1.807, 2.05) is 19.2 Å². The molecule has 1 atom stereocenters. The van der Waals surface area contributed by atoms with Crippen LogP contribution in [0, 0.1) is 6.92 Å². The van der Waals surface area contributed by atoms with Gasteiger partial charge in [-0.3, -0.25) is 16.3 Å². The Morgan fingerprint density at radius 1 is 1.50 bits per heavy atom. The fraction of sp³-hybridized carbons (Fsp3) is 0.385. The molecule has 5 heteroatoms. The highest BCUT2D eigenvalue weighted by atomic mass is 32.1. The molecule has 0 aromatic carbocycles. The van der Waals surface area contributed by atoms with Gasteiger partial charge in [-0.1, -0.05) is 6.07 Å². The minimum Gasteiger partial charge on any atom is -0.271 e. The van der Waals surface area contributed by atoms with Crippen molar-refractivity contribution in [1.29, 1.82) is 0 Å². The molecule has 96 valence electrons. The van der Waals surface area contributed by atoms with E-state index in [2.05, 4.69) is 26.8 Å². The Labute approximate surface area is 111 Å². The molecule has 0 bridgehead atoms. The Morgan fingerprint density at radius 3 is 3.00 bits per heavy atom. The molecule has 0 saturated carbocycles. The maximum absolute atomic E-state index is 5.60. The third kappa shape index (κ3) is 3.87. The van der Waals surface area contributed by atoms with Gasteiger partial charge in [0, 0.05) is 35.9 Å². The van der Waals surface area contributed by atoms with E-state index in [9.17, 15) is 0 Å².